The van der Waals surface area contributed by atoms with Crippen molar-refractivity contribution in [2.45, 2.75) is 13.3 Å². The molecule has 0 fully saturated rings. The van der Waals surface area contributed by atoms with E-state index in [1.54, 1.807) is 12.1 Å². The average molecular weight is 297 g/mol. The fourth-order valence-electron chi connectivity index (χ4n) is 1.55. The molecular weight excluding hydrogens is 280 g/mol. The first-order chi connectivity index (χ1) is 9.40. The Morgan fingerprint density at radius 3 is 2.45 bits per heavy atom. The van der Waals surface area contributed by atoms with Crippen LogP contribution in [-0.4, -0.2) is 30.2 Å². The minimum absolute atomic E-state index is 0.0823. The predicted molar refractivity (Wildman–Crippen MR) is 79.2 cm³/mol. The van der Waals surface area contributed by atoms with Gasteiger partial charge >= 0.3 is 12.0 Å². The third-order valence-electron chi connectivity index (χ3n) is 2.57. The number of hydrogen-bond donors (Lipinski definition) is 2. The van der Waals surface area contributed by atoms with Crippen LogP contribution in [0.1, 0.15) is 12.0 Å². The Balaban J connectivity index is 2.83. The molecule has 0 saturated heterocycles. The number of hydrogen-bond acceptors (Lipinski definition) is 2. The van der Waals surface area contributed by atoms with E-state index in [0.717, 1.165) is 5.56 Å². The van der Waals surface area contributed by atoms with Crippen molar-refractivity contribution in [3.8, 4) is 0 Å². The van der Waals surface area contributed by atoms with E-state index in [2.05, 4.69) is 11.9 Å². The van der Waals surface area contributed by atoms with Gasteiger partial charge in [0.1, 0.15) is 0 Å². The van der Waals surface area contributed by atoms with Gasteiger partial charge in [-0.1, -0.05) is 35.9 Å². The second-order valence-electron chi connectivity index (χ2n) is 4.31. The van der Waals surface area contributed by atoms with E-state index < -0.39 is 12.0 Å². The van der Waals surface area contributed by atoms with Crippen LogP contribution in [-0.2, 0) is 4.79 Å². The number of anilines is 1. The number of aliphatic carboxylic acids is 1. The van der Waals surface area contributed by atoms with Crippen molar-refractivity contribution in [3.05, 3.63) is 41.4 Å². The summed E-state index contributed by atoms with van der Waals surface area (Å²) >= 11 is 5.60. The molecule has 20 heavy (non-hydrogen) atoms. The second kappa shape index (κ2) is 7.55. The second-order valence-corrected chi connectivity index (χ2v) is 4.84. The van der Waals surface area contributed by atoms with Crippen LogP contribution >= 0.6 is 11.6 Å². The highest BCUT2D eigenvalue weighted by molar-refractivity contribution is 6.29. The van der Waals surface area contributed by atoms with Crippen LogP contribution in [0.4, 0.5) is 10.5 Å². The number of benzene rings is 1. The molecule has 0 saturated carbocycles. The van der Waals surface area contributed by atoms with Crippen LogP contribution < -0.4 is 10.2 Å². The van der Waals surface area contributed by atoms with Crippen LogP contribution in [0.25, 0.3) is 0 Å². The fourth-order valence-corrected chi connectivity index (χ4v) is 1.61. The third-order valence-corrected chi connectivity index (χ3v) is 2.71. The van der Waals surface area contributed by atoms with Crippen molar-refractivity contribution < 1.29 is 14.7 Å². The molecule has 0 bridgehead atoms. The summed E-state index contributed by atoms with van der Waals surface area (Å²) in [7, 11) is 0. The Labute approximate surface area is 122 Å². The van der Waals surface area contributed by atoms with Gasteiger partial charge in [0.15, 0.2) is 0 Å². The Bertz CT molecular complexity index is 500. The molecule has 0 heterocycles. The van der Waals surface area contributed by atoms with E-state index >= 15 is 0 Å². The Kier molecular flexibility index (Phi) is 6.06. The van der Waals surface area contributed by atoms with Crippen molar-refractivity contribution >= 4 is 29.3 Å². The van der Waals surface area contributed by atoms with E-state index in [9.17, 15) is 9.59 Å². The van der Waals surface area contributed by atoms with Gasteiger partial charge in [-0.05, 0) is 19.1 Å². The number of urea groups is 1. The summed E-state index contributed by atoms with van der Waals surface area (Å²) in [5, 5.41) is 11.6. The molecule has 1 aromatic carbocycles. The quantitative estimate of drug-likeness (QED) is 0.848. The molecule has 0 unspecified atom stereocenters. The molecule has 1 aromatic rings. The molecule has 0 atom stereocenters. The molecule has 2 N–H and O–H groups in total. The maximum Gasteiger partial charge on any atom is 0.322 e. The first kappa shape index (κ1) is 16.0. The molecule has 6 heteroatoms. The average Bonchev–Trinajstić information content (AvgIpc) is 2.38. The SMILES string of the molecule is C=C(Cl)CNC(=O)N(CCC(=O)O)c1ccc(C)cc1. The number of aryl methyl sites for hydroxylation is 1. The van der Waals surface area contributed by atoms with Crippen LogP contribution in [0.5, 0.6) is 0 Å². The van der Waals surface area contributed by atoms with Gasteiger partial charge in [-0.25, -0.2) is 4.79 Å². The standard InChI is InChI=1S/C14H17ClN2O3/c1-10-3-5-12(6-4-10)17(8-7-13(18)19)14(20)16-9-11(2)15/h3-6H,2,7-9H2,1H3,(H,16,20)(H,18,19). The van der Waals surface area contributed by atoms with Gasteiger partial charge in [0.05, 0.1) is 13.0 Å². The van der Waals surface area contributed by atoms with Gasteiger partial charge < -0.3 is 10.4 Å². The number of carbonyl (C=O) groups excluding carboxylic acids is 1. The van der Waals surface area contributed by atoms with Gasteiger partial charge in [-0.15, -0.1) is 0 Å². The highest BCUT2D eigenvalue weighted by Crippen LogP contribution is 2.16. The van der Waals surface area contributed by atoms with Crippen LogP contribution in [0.15, 0.2) is 35.9 Å². The zero-order valence-electron chi connectivity index (χ0n) is 11.2. The number of carboxylic acids is 1. The number of carbonyl (C=O) groups is 2. The van der Waals surface area contributed by atoms with Gasteiger partial charge in [0, 0.05) is 17.3 Å². The van der Waals surface area contributed by atoms with Crippen molar-refractivity contribution in [1.82, 2.24) is 5.32 Å². The van der Waals surface area contributed by atoms with Crippen molar-refractivity contribution in [1.29, 1.82) is 0 Å². The lowest BCUT2D eigenvalue weighted by Gasteiger charge is -2.22. The van der Waals surface area contributed by atoms with Crippen LogP contribution in [0.3, 0.4) is 0 Å². The number of amides is 2. The molecule has 0 spiro atoms. The molecular formula is C14H17ClN2O3. The molecule has 108 valence electrons. The summed E-state index contributed by atoms with van der Waals surface area (Å²) in [5.74, 6) is -0.961. The van der Waals surface area contributed by atoms with Gasteiger partial charge in [0.2, 0.25) is 0 Å². The zero-order chi connectivity index (χ0) is 15.1. The molecule has 0 aliphatic heterocycles. The minimum atomic E-state index is -0.961. The third kappa shape index (κ3) is 5.32. The number of rotatable bonds is 6. The van der Waals surface area contributed by atoms with E-state index in [1.807, 2.05) is 19.1 Å². The highest BCUT2D eigenvalue weighted by Gasteiger charge is 2.16. The molecule has 0 radical (unpaired) electrons. The zero-order valence-corrected chi connectivity index (χ0v) is 12.0. The summed E-state index contributed by atoms with van der Waals surface area (Å²) in [6.45, 7) is 5.63. The molecule has 1 rings (SSSR count). The van der Waals surface area contributed by atoms with Gasteiger partial charge in [-0.2, -0.15) is 0 Å². The van der Waals surface area contributed by atoms with Crippen molar-refractivity contribution in [2.24, 2.45) is 0 Å². The van der Waals surface area contributed by atoms with Crippen molar-refractivity contribution in [2.75, 3.05) is 18.0 Å². The van der Waals surface area contributed by atoms with Crippen molar-refractivity contribution in [3.63, 3.8) is 0 Å². The van der Waals surface area contributed by atoms with Crippen LogP contribution in [0.2, 0.25) is 0 Å². The predicted octanol–water partition coefficient (Wildman–Crippen LogP) is 2.74. The molecule has 5 nitrogen and oxygen atoms in total. The largest absolute Gasteiger partial charge is 0.481 e. The minimum Gasteiger partial charge on any atom is -0.481 e. The summed E-state index contributed by atoms with van der Waals surface area (Å²) in [6, 6.07) is 6.85. The first-order valence-corrected chi connectivity index (χ1v) is 6.45. The number of nitrogens with one attached hydrogen (secondary N) is 1. The molecule has 0 aliphatic rings. The summed E-state index contributed by atoms with van der Waals surface area (Å²) < 4.78 is 0. The topological polar surface area (TPSA) is 69.6 Å². The van der Waals surface area contributed by atoms with E-state index in [0.29, 0.717) is 10.7 Å². The summed E-state index contributed by atoms with van der Waals surface area (Å²) in [5.41, 5.74) is 1.69. The van der Waals surface area contributed by atoms with E-state index in [-0.39, 0.29) is 19.5 Å². The lowest BCUT2D eigenvalue weighted by atomic mass is 10.2. The summed E-state index contributed by atoms with van der Waals surface area (Å²) in [6.07, 6.45) is -0.136. The fraction of sp³-hybridized carbons (Fsp3) is 0.286. The molecule has 2 amide bonds. The normalized spacial score (nSPS) is 9.90. The van der Waals surface area contributed by atoms with Gasteiger partial charge in [-0.3, -0.25) is 9.69 Å². The van der Waals surface area contributed by atoms with Crippen LogP contribution in [0, 0.1) is 6.92 Å². The molecule has 0 aliphatic carbocycles. The maximum absolute atomic E-state index is 12.1. The number of carboxylic acid groups (broad SMARTS) is 1. The smallest absolute Gasteiger partial charge is 0.322 e. The monoisotopic (exact) mass is 296 g/mol. The Hall–Kier alpha value is -2.01. The first-order valence-electron chi connectivity index (χ1n) is 6.07. The van der Waals surface area contributed by atoms with E-state index in [1.165, 1.54) is 4.90 Å². The lowest BCUT2D eigenvalue weighted by molar-refractivity contribution is -0.136. The maximum atomic E-state index is 12.1. The Morgan fingerprint density at radius 1 is 1.35 bits per heavy atom. The van der Waals surface area contributed by atoms with E-state index in [4.69, 9.17) is 16.7 Å². The van der Waals surface area contributed by atoms with Gasteiger partial charge in [0.25, 0.3) is 0 Å². The lowest BCUT2D eigenvalue weighted by Crippen LogP contribution is -2.41. The number of halogens is 1. The highest BCUT2D eigenvalue weighted by atomic mass is 35.5. The summed E-state index contributed by atoms with van der Waals surface area (Å²) in [4.78, 5) is 24.1. The molecule has 0 aromatic heterocycles. The Morgan fingerprint density at radius 2 is 1.95 bits per heavy atom. The number of nitrogens with zero attached hydrogens (tertiary/aromatic N) is 1.